The number of aromatic nitrogens is 8. The summed E-state index contributed by atoms with van der Waals surface area (Å²) in [6, 6.07) is 0.560. The van der Waals surface area contributed by atoms with Gasteiger partial charge in [-0.25, -0.2) is 24.6 Å². The highest BCUT2D eigenvalue weighted by atomic mass is 16.5. The number of hydrogen-bond donors (Lipinski definition) is 0. The molecule has 0 bridgehead atoms. The first-order valence-electron chi connectivity index (χ1n) is 12.0. The van der Waals surface area contributed by atoms with E-state index in [1.807, 2.05) is 30.9 Å². The normalized spacial score (nSPS) is 22.2. The molecule has 2 aliphatic heterocycles. The lowest BCUT2D eigenvalue weighted by molar-refractivity contribution is 0.00396. The highest BCUT2D eigenvalue weighted by molar-refractivity contribution is 5.88. The van der Waals surface area contributed by atoms with Crippen LogP contribution in [0.1, 0.15) is 66.5 Å². The molecule has 0 spiro atoms. The quantitative estimate of drug-likeness (QED) is 0.458. The lowest BCUT2D eigenvalue weighted by Crippen LogP contribution is -2.20. The lowest BCUT2D eigenvalue weighted by Gasteiger charge is -2.28. The van der Waals surface area contributed by atoms with Crippen molar-refractivity contribution in [3.63, 3.8) is 0 Å². The van der Waals surface area contributed by atoms with Gasteiger partial charge in [0, 0.05) is 24.3 Å². The van der Waals surface area contributed by atoms with E-state index in [1.165, 1.54) is 12.8 Å². The number of aryl methyl sites for hydroxylation is 2. The first kappa shape index (κ1) is 20.0. The Hall–Kier alpha value is -3.40. The molecule has 0 radical (unpaired) electrons. The summed E-state index contributed by atoms with van der Waals surface area (Å²) in [7, 11) is 0. The average molecular weight is 459 g/mol. The minimum Gasteiger partial charge on any atom is -0.475 e. The first-order valence-corrected chi connectivity index (χ1v) is 12.0. The van der Waals surface area contributed by atoms with Gasteiger partial charge in [0.15, 0.2) is 5.65 Å². The van der Waals surface area contributed by atoms with E-state index in [1.54, 1.807) is 0 Å². The number of rotatable bonds is 4. The Morgan fingerprint density at radius 2 is 1.82 bits per heavy atom. The van der Waals surface area contributed by atoms with Gasteiger partial charge in [0.25, 0.3) is 0 Å². The van der Waals surface area contributed by atoms with E-state index in [0.717, 1.165) is 59.3 Å². The molecule has 2 fully saturated rings. The van der Waals surface area contributed by atoms with E-state index < -0.39 is 0 Å². The van der Waals surface area contributed by atoms with Gasteiger partial charge < -0.3 is 9.47 Å². The van der Waals surface area contributed by atoms with Crippen molar-refractivity contribution in [3.8, 4) is 17.1 Å². The van der Waals surface area contributed by atoms with Crippen LogP contribution in [0.3, 0.4) is 0 Å². The third-order valence-electron chi connectivity index (χ3n) is 7.11. The van der Waals surface area contributed by atoms with Crippen molar-refractivity contribution >= 4 is 11.2 Å². The van der Waals surface area contributed by atoms with Gasteiger partial charge in [-0.05, 0) is 39.5 Å². The second kappa shape index (κ2) is 7.56. The maximum absolute atomic E-state index is 6.14. The van der Waals surface area contributed by atoms with Gasteiger partial charge in [-0.2, -0.15) is 10.2 Å². The Morgan fingerprint density at radius 3 is 2.71 bits per heavy atom. The van der Waals surface area contributed by atoms with Crippen molar-refractivity contribution in [1.82, 2.24) is 39.5 Å². The Balaban J connectivity index is 1.29. The molecule has 1 aliphatic carbocycles. The molecule has 0 aromatic carbocycles. The van der Waals surface area contributed by atoms with E-state index in [4.69, 9.17) is 29.4 Å². The molecule has 0 unspecified atom stereocenters. The summed E-state index contributed by atoms with van der Waals surface area (Å²) >= 11 is 0. The summed E-state index contributed by atoms with van der Waals surface area (Å²) in [6.07, 6.45) is 9.99. The molecule has 1 saturated heterocycles. The maximum atomic E-state index is 6.14. The fraction of sp³-hybridized carbons (Fsp3) is 0.500. The van der Waals surface area contributed by atoms with Gasteiger partial charge in [-0.3, -0.25) is 4.68 Å². The number of nitrogens with zero attached hydrogens (tertiary/aromatic N) is 8. The summed E-state index contributed by atoms with van der Waals surface area (Å²) in [6.45, 7) is 5.94. The molecule has 4 aromatic heterocycles. The largest absolute Gasteiger partial charge is 0.475 e. The van der Waals surface area contributed by atoms with E-state index in [2.05, 4.69) is 21.1 Å². The van der Waals surface area contributed by atoms with E-state index in [-0.39, 0.29) is 12.0 Å². The molecule has 7 rings (SSSR count). The summed E-state index contributed by atoms with van der Waals surface area (Å²) in [5.74, 6) is 1.67. The SMILES string of the molecule is Cc1nc2nc([C@@H]3CCO[C@H](c4cnn(C5CC5)c4)C3)nc(-c3cnn4c3OCC4)c2nc1C. The standard InChI is InChI=1S/C24H26N8O2/c1-13-14(2)28-23-21(27-13)20(18-11-26-31-6-8-34-24(18)31)29-22(30-23)15-5-7-33-19(9-15)16-10-25-32(12-16)17-3-4-17/h10-12,15,17,19H,3-9H2,1-2H3/t15-,19+/m1/s1. The number of fused-ring (bicyclic) bond motifs is 2. The Morgan fingerprint density at radius 1 is 0.941 bits per heavy atom. The van der Waals surface area contributed by atoms with Crippen LogP contribution in [0.2, 0.25) is 0 Å². The van der Waals surface area contributed by atoms with Crippen molar-refractivity contribution in [2.75, 3.05) is 13.2 Å². The third kappa shape index (κ3) is 3.27. The van der Waals surface area contributed by atoms with Crippen molar-refractivity contribution in [3.05, 3.63) is 41.4 Å². The van der Waals surface area contributed by atoms with Gasteiger partial charge in [-0.1, -0.05) is 0 Å². The van der Waals surface area contributed by atoms with E-state index in [0.29, 0.717) is 30.4 Å². The molecule has 10 nitrogen and oxygen atoms in total. The van der Waals surface area contributed by atoms with Crippen LogP contribution in [0.5, 0.6) is 5.88 Å². The topological polar surface area (TPSA) is 106 Å². The van der Waals surface area contributed by atoms with Gasteiger partial charge >= 0.3 is 0 Å². The zero-order chi connectivity index (χ0) is 22.8. The summed E-state index contributed by atoms with van der Waals surface area (Å²) in [5.41, 5.74) is 5.76. The van der Waals surface area contributed by atoms with Crippen LogP contribution in [0.15, 0.2) is 18.6 Å². The fourth-order valence-corrected chi connectivity index (χ4v) is 4.90. The molecule has 10 heteroatoms. The fourth-order valence-electron chi connectivity index (χ4n) is 4.90. The molecule has 2 atom stereocenters. The highest BCUT2D eigenvalue weighted by Gasteiger charge is 2.32. The van der Waals surface area contributed by atoms with Crippen LogP contribution in [0.4, 0.5) is 0 Å². The second-order valence-corrected chi connectivity index (χ2v) is 9.50. The Labute approximate surface area is 196 Å². The molecule has 4 aromatic rings. The molecule has 6 heterocycles. The number of ether oxygens (including phenoxy) is 2. The minimum atomic E-state index is -0.0106. The minimum absolute atomic E-state index is 0.0106. The van der Waals surface area contributed by atoms with Crippen LogP contribution in [0, 0.1) is 13.8 Å². The zero-order valence-corrected chi connectivity index (χ0v) is 19.3. The molecular weight excluding hydrogens is 432 g/mol. The van der Waals surface area contributed by atoms with Crippen LogP contribution >= 0.6 is 0 Å². The summed E-state index contributed by atoms with van der Waals surface area (Å²) < 4.78 is 16.0. The molecule has 174 valence electrons. The predicted octanol–water partition coefficient (Wildman–Crippen LogP) is 3.46. The molecule has 0 amide bonds. The van der Waals surface area contributed by atoms with Gasteiger partial charge in [0.05, 0.1) is 48.0 Å². The van der Waals surface area contributed by atoms with Crippen LogP contribution in [-0.4, -0.2) is 52.7 Å². The van der Waals surface area contributed by atoms with Crippen LogP contribution in [-0.2, 0) is 11.3 Å². The van der Waals surface area contributed by atoms with E-state index in [9.17, 15) is 0 Å². The van der Waals surface area contributed by atoms with Gasteiger partial charge in [0.2, 0.25) is 5.88 Å². The highest BCUT2D eigenvalue weighted by Crippen LogP contribution is 2.40. The first-order chi connectivity index (χ1) is 16.6. The Bertz CT molecular complexity index is 1410. The molecule has 3 aliphatic rings. The molecular formula is C24H26N8O2. The summed E-state index contributed by atoms with van der Waals surface area (Å²) in [5, 5.41) is 9.04. The summed E-state index contributed by atoms with van der Waals surface area (Å²) in [4.78, 5) is 19.6. The zero-order valence-electron chi connectivity index (χ0n) is 19.3. The van der Waals surface area contributed by atoms with Gasteiger partial charge in [-0.15, -0.1) is 0 Å². The van der Waals surface area contributed by atoms with Crippen molar-refractivity contribution < 1.29 is 9.47 Å². The van der Waals surface area contributed by atoms with Crippen molar-refractivity contribution in [2.24, 2.45) is 0 Å². The average Bonchev–Trinajstić information content (AvgIpc) is 3.22. The van der Waals surface area contributed by atoms with E-state index >= 15 is 0 Å². The smallest absolute Gasteiger partial charge is 0.221 e. The number of hydrogen-bond acceptors (Lipinski definition) is 8. The monoisotopic (exact) mass is 458 g/mol. The van der Waals surface area contributed by atoms with Crippen molar-refractivity contribution in [1.29, 1.82) is 0 Å². The molecule has 34 heavy (non-hydrogen) atoms. The molecule has 1 saturated carbocycles. The second-order valence-electron chi connectivity index (χ2n) is 9.50. The van der Waals surface area contributed by atoms with Crippen LogP contribution < -0.4 is 4.74 Å². The van der Waals surface area contributed by atoms with Crippen LogP contribution in [0.25, 0.3) is 22.4 Å². The third-order valence-corrected chi connectivity index (χ3v) is 7.11. The van der Waals surface area contributed by atoms with Gasteiger partial charge in [0.1, 0.15) is 23.6 Å². The predicted molar refractivity (Wildman–Crippen MR) is 122 cm³/mol. The van der Waals surface area contributed by atoms with Crippen molar-refractivity contribution in [2.45, 2.75) is 64.1 Å². The maximum Gasteiger partial charge on any atom is 0.221 e. The lowest BCUT2D eigenvalue weighted by atomic mass is 9.92. The molecule has 0 N–H and O–H groups in total. The Kier molecular flexibility index (Phi) is 4.45.